The molecule has 0 bridgehead atoms. The highest BCUT2D eigenvalue weighted by atomic mass is 16.7. The Morgan fingerprint density at radius 1 is 0.667 bits per heavy atom. The minimum absolute atomic E-state index is 0.0342. The monoisotopic (exact) mass is 473 g/mol. The van der Waals surface area contributed by atoms with Crippen molar-refractivity contribution in [3.63, 3.8) is 0 Å². The topological polar surface area (TPSA) is 217 Å². The molecule has 2 aliphatic rings. The highest BCUT2D eigenvalue weighted by Crippen LogP contribution is 2.14. The highest BCUT2D eigenvalue weighted by Gasteiger charge is 2.33. The first-order valence-electron chi connectivity index (χ1n) is 9.79. The molecular weight excluding hydrogens is 450 g/mol. The van der Waals surface area contributed by atoms with Crippen molar-refractivity contribution in [3.05, 3.63) is 0 Å². The molecule has 182 valence electrons. The number of nitrogens with zero attached hydrogens (tertiary/aromatic N) is 2. The van der Waals surface area contributed by atoms with Crippen molar-refractivity contribution in [1.82, 2.24) is 10.1 Å². The van der Waals surface area contributed by atoms with E-state index in [1.165, 1.54) is 0 Å². The van der Waals surface area contributed by atoms with Gasteiger partial charge in [0, 0.05) is 51.4 Å². The molecule has 3 N–H and O–H groups in total. The summed E-state index contributed by atoms with van der Waals surface area (Å²) in [5, 5.41) is 9.23. The second-order valence-corrected chi connectivity index (χ2v) is 6.68. The van der Waals surface area contributed by atoms with Gasteiger partial charge in [0.25, 0.3) is 23.6 Å². The third kappa shape index (κ3) is 9.86. The zero-order valence-corrected chi connectivity index (χ0v) is 17.5. The quantitative estimate of drug-likeness (QED) is 0.288. The largest absolute Gasteiger partial charge is 0.481 e. The predicted molar refractivity (Wildman–Crippen MR) is 100.0 cm³/mol. The third-order valence-corrected chi connectivity index (χ3v) is 4.06. The lowest BCUT2D eigenvalue weighted by Gasteiger charge is -2.12. The maximum Gasteiger partial charge on any atom is 0.333 e. The number of hydroxylamine groups is 4. The van der Waals surface area contributed by atoms with Gasteiger partial charge in [-0.3, -0.25) is 28.8 Å². The molecule has 2 aliphatic heterocycles. The van der Waals surface area contributed by atoms with Crippen LogP contribution < -0.4 is 5.90 Å². The van der Waals surface area contributed by atoms with E-state index in [2.05, 4.69) is 20.4 Å². The van der Waals surface area contributed by atoms with Crippen LogP contribution in [0.3, 0.4) is 0 Å². The lowest BCUT2D eigenvalue weighted by atomic mass is 10.2. The van der Waals surface area contributed by atoms with Crippen LogP contribution in [0.25, 0.3) is 0 Å². The van der Waals surface area contributed by atoms with E-state index < -0.39 is 47.5 Å². The molecular formula is C18H23N3O12. The van der Waals surface area contributed by atoms with Crippen molar-refractivity contribution in [2.75, 3.05) is 0 Å². The van der Waals surface area contributed by atoms with Gasteiger partial charge in [-0.2, -0.15) is 5.90 Å². The van der Waals surface area contributed by atoms with Crippen LogP contribution in [0.4, 0.5) is 0 Å². The summed E-state index contributed by atoms with van der Waals surface area (Å²) in [5.74, 6) is -0.755. The van der Waals surface area contributed by atoms with Gasteiger partial charge in [0.2, 0.25) is 0 Å². The van der Waals surface area contributed by atoms with E-state index in [4.69, 9.17) is 5.11 Å². The number of carboxylic acids is 1. The molecule has 0 unspecified atom stereocenters. The molecule has 33 heavy (non-hydrogen) atoms. The Bertz CT molecular complexity index is 792. The van der Waals surface area contributed by atoms with Gasteiger partial charge in [-0.15, -0.1) is 10.1 Å². The third-order valence-electron chi connectivity index (χ3n) is 4.06. The molecule has 0 spiro atoms. The van der Waals surface area contributed by atoms with Gasteiger partial charge in [-0.25, -0.2) is 9.59 Å². The average molecular weight is 473 g/mol. The fraction of sp³-hybridized carbons (Fsp3) is 0.556. The van der Waals surface area contributed by atoms with Gasteiger partial charge >= 0.3 is 23.9 Å². The lowest BCUT2D eigenvalue weighted by Crippen LogP contribution is -2.32. The van der Waals surface area contributed by atoms with Crippen LogP contribution in [-0.4, -0.2) is 62.7 Å². The van der Waals surface area contributed by atoms with Crippen LogP contribution in [0.2, 0.25) is 0 Å². The van der Waals surface area contributed by atoms with Crippen molar-refractivity contribution in [1.29, 1.82) is 0 Å². The average Bonchev–Trinajstić information content (AvgIpc) is 3.24. The molecule has 2 rings (SSSR count). The summed E-state index contributed by atoms with van der Waals surface area (Å²) in [7, 11) is 0. The molecule has 2 heterocycles. The van der Waals surface area contributed by atoms with E-state index in [0.717, 1.165) is 0 Å². The molecule has 4 amide bonds. The van der Waals surface area contributed by atoms with Crippen LogP contribution in [0.1, 0.15) is 64.2 Å². The number of carbonyl (C=O) groups is 8. The van der Waals surface area contributed by atoms with E-state index in [-0.39, 0.29) is 64.2 Å². The molecule has 2 fully saturated rings. The van der Waals surface area contributed by atoms with Crippen molar-refractivity contribution >= 4 is 47.5 Å². The molecule has 0 aromatic rings. The zero-order chi connectivity index (χ0) is 25.0. The number of carboxylic acid groups (broad SMARTS) is 1. The number of nitrogens with two attached hydrogens (primary N) is 1. The smallest absolute Gasteiger partial charge is 0.333 e. The number of hydrogen-bond acceptors (Lipinski definition) is 12. The summed E-state index contributed by atoms with van der Waals surface area (Å²) < 4.78 is 0. The molecule has 0 atom stereocenters. The van der Waals surface area contributed by atoms with Gasteiger partial charge in [0.1, 0.15) is 0 Å². The number of hydrogen-bond donors (Lipinski definition) is 2. The standard InChI is InChI=1S/C9H12N2O6.C9H11NO6/c10-16-8(14)2-1-3-9(15)17-11-6(12)4-5-7(11)13;11-6-4-5-7(12)10(6)16-9(15)3-1-2-8(13)14/h1-5,10H2;1-5H2,(H,13,14). The van der Waals surface area contributed by atoms with Gasteiger partial charge in [0.05, 0.1) is 0 Å². The second-order valence-electron chi connectivity index (χ2n) is 6.68. The number of rotatable bonds is 10. The molecule has 0 saturated carbocycles. The van der Waals surface area contributed by atoms with E-state index in [1.54, 1.807) is 0 Å². The molecule has 0 aliphatic carbocycles. The Labute approximate surface area is 186 Å². The van der Waals surface area contributed by atoms with Crippen LogP contribution in [0.15, 0.2) is 0 Å². The molecule has 0 aromatic heterocycles. The SMILES string of the molecule is NOC(=O)CCCC(=O)ON1C(=O)CCC1=O.O=C(O)CCCC(=O)ON1C(=O)CCC1=O. The van der Waals surface area contributed by atoms with E-state index in [0.29, 0.717) is 10.1 Å². The fourth-order valence-electron chi connectivity index (χ4n) is 2.43. The predicted octanol–water partition coefficient (Wildman–Crippen LogP) is -0.971. The molecule has 15 heteroatoms. The first-order valence-corrected chi connectivity index (χ1v) is 9.79. The van der Waals surface area contributed by atoms with Gasteiger partial charge < -0.3 is 19.6 Å². The van der Waals surface area contributed by atoms with Crippen molar-refractivity contribution < 1.29 is 58.0 Å². The Balaban J connectivity index is 0.000000331. The van der Waals surface area contributed by atoms with Gasteiger partial charge in [0.15, 0.2) is 0 Å². The van der Waals surface area contributed by atoms with E-state index in [9.17, 15) is 38.4 Å². The van der Waals surface area contributed by atoms with Crippen molar-refractivity contribution in [2.24, 2.45) is 5.90 Å². The number of amides is 4. The maximum atomic E-state index is 11.2. The Morgan fingerprint density at radius 2 is 1.00 bits per heavy atom. The van der Waals surface area contributed by atoms with Gasteiger partial charge in [-0.1, -0.05) is 0 Å². The van der Waals surface area contributed by atoms with Crippen LogP contribution >= 0.6 is 0 Å². The van der Waals surface area contributed by atoms with Crippen molar-refractivity contribution in [2.45, 2.75) is 64.2 Å². The molecule has 15 nitrogen and oxygen atoms in total. The van der Waals surface area contributed by atoms with E-state index >= 15 is 0 Å². The summed E-state index contributed by atoms with van der Waals surface area (Å²) in [4.78, 5) is 100. The first kappa shape index (κ1) is 27.2. The molecule has 0 aromatic carbocycles. The summed E-state index contributed by atoms with van der Waals surface area (Å²) in [6.07, 6.45) is 0.0369. The Kier molecular flexibility index (Phi) is 11.1. The Hall–Kier alpha value is -3.88. The molecule has 2 saturated heterocycles. The lowest BCUT2D eigenvalue weighted by molar-refractivity contribution is -0.197. The number of carbonyl (C=O) groups excluding carboxylic acids is 7. The zero-order valence-electron chi connectivity index (χ0n) is 17.5. The highest BCUT2D eigenvalue weighted by molar-refractivity contribution is 6.02. The normalized spacial score (nSPS) is 15.2. The molecule has 0 radical (unpaired) electrons. The fourth-order valence-corrected chi connectivity index (χ4v) is 2.43. The Morgan fingerprint density at radius 3 is 1.33 bits per heavy atom. The van der Waals surface area contributed by atoms with Crippen molar-refractivity contribution in [3.8, 4) is 0 Å². The van der Waals surface area contributed by atoms with Gasteiger partial charge in [-0.05, 0) is 12.8 Å². The van der Waals surface area contributed by atoms with E-state index in [1.807, 2.05) is 0 Å². The number of aliphatic carboxylic acids is 1. The maximum absolute atomic E-state index is 11.2. The van der Waals surface area contributed by atoms with Crippen LogP contribution in [0, 0.1) is 0 Å². The first-order chi connectivity index (χ1) is 15.5. The minimum atomic E-state index is -1.01. The number of imide groups is 2. The summed E-state index contributed by atoms with van der Waals surface area (Å²) >= 11 is 0. The second kappa shape index (κ2) is 13.5. The van der Waals surface area contributed by atoms with Crippen LogP contribution in [0.5, 0.6) is 0 Å². The summed E-state index contributed by atoms with van der Waals surface area (Å²) in [6, 6.07) is 0. The summed E-state index contributed by atoms with van der Waals surface area (Å²) in [6.45, 7) is 0. The minimum Gasteiger partial charge on any atom is -0.481 e. The van der Waals surface area contributed by atoms with Crippen LogP contribution in [-0.2, 0) is 52.9 Å². The summed E-state index contributed by atoms with van der Waals surface area (Å²) in [5.41, 5.74) is 0.